The molecule has 0 aromatic heterocycles. The molecule has 3 rings (SSSR count). The number of ether oxygens (including phenoxy) is 1. The van der Waals surface area contributed by atoms with E-state index in [9.17, 15) is 4.39 Å². The van der Waals surface area contributed by atoms with Gasteiger partial charge >= 0.3 is 0 Å². The van der Waals surface area contributed by atoms with E-state index in [4.69, 9.17) is 4.74 Å². The normalized spacial score (nSPS) is 23.4. The van der Waals surface area contributed by atoms with Crippen LogP contribution in [0.1, 0.15) is 0 Å². The van der Waals surface area contributed by atoms with Crippen LogP contribution in [0, 0.1) is 9.39 Å². The molecule has 1 aromatic carbocycles. The minimum absolute atomic E-state index is 0.145. The third-order valence-corrected chi connectivity index (χ3v) is 3.93. The minimum atomic E-state index is -0.145. The van der Waals surface area contributed by atoms with Crippen LogP contribution < -0.4 is 10.2 Å². The van der Waals surface area contributed by atoms with Gasteiger partial charge in [0.05, 0.1) is 34.2 Å². The van der Waals surface area contributed by atoms with E-state index in [1.54, 1.807) is 6.07 Å². The van der Waals surface area contributed by atoms with Crippen molar-refractivity contribution in [2.24, 2.45) is 0 Å². The molecule has 16 heavy (non-hydrogen) atoms. The Hall–Kier alpha value is -0.560. The van der Waals surface area contributed by atoms with Gasteiger partial charge in [-0.15, -0.1) is 0 Å². The van der Waals surface area contributed by atoms with Crippen LogP contribution in [-0.2, 0) is 4.74 Å². The highest BCUT2D eigenvalue weighted by Gasteiger charge is 2.29. The maximum Gasteiger partial charge on any atom is 0.138 e. The lowest BCUT2D eigenvalue weighted by atomic mass is 10.1. The predicted molar refractivity (Wildman–Crippen MR) is 69.6 cm³/mol. The van der Waals surface area contributed by atoms with Crippen molar-refractivity contribution in [1.82, 2.24) is 0 Å². The number of morpholine rings is 1. The van der Waals surface area contributed by atoms with Gasteiger partial charge in [-0.2, -0.15) is 0 Å². The van der Waals surface area contributed by atoms with E-state index in [-0.39, 0.29) is 5.82 Å². The van der Waals surface area contributed by atoms with Crippen LogP contribution in [-0.4, -0.2) is 32.3 Å². The van der Waals surface area contributed by atoms with Crippen molar-refractivity contribution in [3.8, 4) is 0 Å². The summed E-state index contributed by atoms with van der Waals surface area (Å²) in [4.78, 5) is 2.24. The van der Waals surface area contributed by atoms with Crippen LogP contribution in [0.15, 0.2) is 12.1 Å². The lowest BCUT2D eigenvalue weighted by Crippen LogP contribution is -2.51. The molecule has 1 atom stereocenters. The van der Waals surface area contributed by atoms with Gasteiger partial charge in [-0.3, -0.25) is 0 Å². The first kappa shape index (κ1) is 10.6. The molecule has 1 N–H and O–H groups in total. The van der Waals surface area contributed by atoms with Crippen molar-refractivity contribution in [3.05, 3.63) is 21.5 Å². The van der Waals surface area contributed by atoms with Crippen molar-refractivity contribution in [2.45, 2.75) is 6.04 Å². The van der Waals surface area contributed by atoms with Crippen LogP contribution in [0.25, 0.3) is 0 Å². The van der Waals surface area contributed by atoms with Crippen molar-refractivity contribution in [1.29, 1.82) is 0 Å². The zero-order valence-electron chi connectivity index (χ0n) is 8.67. The van der Waals surface area contributed by atoms with Gasteiger partial charge in [0.2, 0.25) is 0 Å². The molecule has 2 aliphatic heterocycles. The second-order valence-corrected chi connectivity index (χ2v) is 5.25. The molecule has 1 unspecified atom stereocenters. The first-order valence-electron chi connectivity index (χ1n) is 5.33. The number of benzene rings is 1. The zero-order chi connectivity index (χ0) is 11.1. The first-order valence-corrected chi connectivity index (χ1v) is 6.41. The van der Waals surface area contributed by atoms with Gasteiger partial charge < -0.3 is 15.0 Å². The lowest BCUT2D eigenvalue weighted by Gasteiger charge is -2.42. The molecule has 1 saturated heterocycles. The number of hydrogen-bond acceptors (Lipinski definition) is 3. The molecule has 2 heterocycles. The fourth-order valence-electron chi connectivity index (χ4n) is 2.28. The van der Waals surface area contributed by atoms with Crippen LogP contribution in [0.3, 0.4) is 0 Å². The lowest BCUT2D eigenvalue weighted by molar-refractivity contribution is 0.0963. The number of hydrogen-bond donors (Lipinski definition) is 1. The Morgan fingerprint density at radius 2 is 2.38 bits per heavy atom. The molecular weight excluding hydrogens is 322 g/mol. The Bertz CT molecular complexity index is 427. The van der Waals surface area contributed by atoms with Gasteiger partial charge in [-0.05, 0) is 28.7 Å². The predicted octanol–water partition coefficient (Wildman–Crippen LogP) is 2.06. The summed E-state index contributed by atoms with van der Waals surface area (Å²) in [5, 5.41) is 3.34. The molecule has 2 aliphatic rings. The summed E-state index contributed by atoms with van der Waals surface area (Å²) in [6.45, 7) is 3.16. The van der Waals surface area contributed by atoms with Crippen molar-refractivity contribution in [3.63, 3.8) is 0 Å². The van der Waals surface area contributed by atoms with E-state index >= 15 is 0 Å². The monoisotopic (exact) mass is 334 g/mol. The van der Waals surface area contributed by atoms with Crippen molar-refractivity contribution in [2.75, 3.05) is 36.5 Å². The fourth-order valence-corrected chi connectivity index (χ4v) is 2.75. The molecule has 1 fully saturated rings. The number of halogens is 2. The van der Waals surface area contributed by atoms with Gasteiger partial charge in [0.1, 0.15) is 5.82 Å². The van der Waals surface area contributed by atoms with Crippen molar-refractivity contribution >= 4 is 34.0 Å². The highest BCUT2D eigenvalue weighted by molar-refractivity contribution is 14.1. The van der Waals surface area contributed by atoms with E-state index in [2.05, 4.69) is 10.2 Å². The molecule has 0 aliphatic carbocycles. The van der Waals surface area contributed by atoms with Crippen LogP contribution >= 0.6 is 22.6 Å². The van der Waals surface area contributed by atoms with E-state index in [1.807, 2.05) is 28.7 Å². The smallest absolute Gasteiger partial charge is 0.138 e. The molecular formula is C11H12FIN2O. The Morgan fingerprint density at radius 1 is 1.50 bits per heavy atom. The second kappa shape index (κ2) is 4.03. The Balaban J connectivity index is 2.04. The maximum atomic E-state index is 13.6. The molecule has 0 amide bonds. The number of anilines is 2. The third-order valence-electron chi connectivity index (χ3n) is 3.10. The molecule has 1 aromatic rings. The van der Waals surface area contributed by atoms with Gasteiger partial charge in [0.15, 0.2) is 0 Å². The molecule has 0 saturated carbocycles. The standard InChI is InChI=1S/C11H12FIN2O/c12-8-3-11-10(4-9(8)13)14-5-7-6-16-2-1-15(7)11/h3-4,7,14H,1-2,5-6H2. The SMILES string of the molecule is Fc1cc2c(cc1I)NCC1COCCN21. The number of rotatable bonds is 0. The summed E-state index contributed by atoms with van der Waals surface area (Å²) in [6.07, 6.45) is 0. The first-order chi connectivity index (χ1) is 7.75. The molecule has 0 bridgehead atoms. The van der Waals surface area contributed by atoms with Gasteiger partial charge in [-0.25, -0.2) is 4.39 Å². The highest BCUT2D eigenvalue weighted by atomic mass is 127. The fraction of sp³-hybridized carbons (Fsp3) is 0.455. The molecule has 0 radical (unpaired) electrons. The second-order valence-electron chi connectivity index (χ2n) is 4.09. The average molecular weight is 334 g/mol. The third kappa shape index (κ3) is 1.66. The number of fused-ring (bicyclic) bond motifs is 3. The molecule has 86 valence electrons. The Labute approximate surface area is 107 Å². The average Bonchev–Trinajstić information content (AvgIpc) is 2.31. The van der Waals surface area contributed by atoms with Crippen molar-refractivity contribution < 1.29 is 9.13 Å². The number of nitrogens with zero attached hydrogens (tertiary/aromatic N) is 1. The van der Waals surface area contributed by atoms with Gasteiger partial charge in [0, 0.05) is 19.2 Å². The molecule has 3 nitrogen and oxygen atoms in total. The van der Waals surface area contributed by atoms with E-state index in [1.165, 1.54) is 0 Å². The van der Waals surface area contributed by atoms with Gasteiger partial charge in [-0.1, -0.05) is 0 Å². The zero-order valence-corrected chi connectivity index (χ0v) is 10.8. The number of nitrogens with one attached hydrogen (secondary N) is 1. The quantitative estimate of drug-likeness (QED) is 0.735. The highest BCUT2D eigenvalue weighted by Crippen LogP contribution is 2.35. The maximum absolute atomic E-state index is 13.6. The summed E-state index contributed by atoms with van der Waals surface area (Å²) in [5.74, 6) is -0.145. The van der Waals surface area contributed by atoms with E-state index in [0.717, 1.165) is 37.7 Å². The Kier molecular flexibility index (Phi) is 2.67. The summed E-state index contributed by atoms with van der Waals surface area (Å²) in [7, 11) is 0. The van der Waals surface area contributed by atoms with Crippen LogP contribution in [0.4, 0.5) is 15.8 Å². The summed E-state index contributed by atoms with van der Waals surface area (Å²) >= 11 is 2.02. The Morgan fingerprint density at radius 3 is 3.25 bits per heavy atom. The van der Waals surface area contributed by atoms with Gasteiger partial charge in [0.25, 0.3) is 0 Å². The summed E-state index contributed by atoms with van der Waals surface area (Å²) in [6, 6.07) is 3.83. The van der Waals surface area contributed by atoms with Crippen LogP contribution in [0.2, 0.25) is 0 Å². The summed E-state index contributed by atoms with van der Waals surface area (Å²) in [5.41, 5.74) is 2.00. The van der Waals surface area contributed by atoms with Crippen LogP contribution in [0.5, 0.6) is 0 Å². The topological polar surface area (TPSA) is 24.5 Å². The summed E-state index contributed by atoms with van der Waals surface area (Å²) < 4.78 is 19.7. The molecule has 5 heteroatoms. The minimum Gasteiger partial charge on any atom is -0.381 e. The van der Waals surface area contributed by atoms with E-state index in [0.29, 0.717) is 9.61 Å². The largest absolute Gasteiger partial charge is 0.381 e. The van der Waals surface area contributed by atoms with E-state index < -0.39 is 0 Å². The molecule has 0 spiro atoms.